The van der Waals surface area contributed by atoms with Gasteiger partial charge in [-0.2, -0.15) is 5.26 Å². The molecule has 1 amide bonds. The molecule has 26 heavy (non-hydrogen) atoms. The highest BCUT2D eigenvalue weighted by Gasteiger charge is 2.28. The van der Waals surface area contributed by atoms with Crippen molar-refractivity contribution in [2.75, 3.05) is 19.8 Å². The summed E-state index contributed by atoms with van der Waals surface area (Å²) in [5.74, 6) is 0.514. The van der Waals surface area contributed by atoms with Crippen molar-refractivity contribution in [3.63, 3.8) is 0 Å². The molecule has 1 saturated heterocycles. The molecular formula is C21H23N3O2. The van der Waals surface area contributed by atoms with Crippen LogP contribution in [0.5, 0.6) is 0 Å². The maximum Gasteiger partial charge on any atom is 0.254 e. The Balaban J connectivity index is 1.89. The largest absolute Gasteiger partial charge is 0.377 e. The predicted molar refractivity (Wildman–Crippen MR) is 99.5 cm³/mol. The second-order valence-corrected chi connectivity index (χ2v) is 6.95. The highest BCUT2D eigenvalue weighted by molar-refractivity contribution is 5.96. The highest BCUT2D eigenvalue weighted by Crippen LogP contribution is 2.25. The van der Waals surface area contributed by atoms with Crippen LogP contribution < -0.4 is 0 Å². The third-order valence-corrected chi connectivity index (χ3v) is 4.57. The summed E-state index contributed by atoms with van der Waals surface area (Å²) in [6.07, 6.45) is 2.52. The number of carbonyl (C=O) groups excluding carboxylic acids is 1. The van der Waals surface area contributed by atoms with Crippen LogP contribution >= 0.6 is 0 Å². The number of nitrogens with zero attached hydrogens (tertiary/aromatic N) is 3. The summed E-state index contributed by atoms with van der Waals surface area (Å²) >= 11 is 0. The average Bonchev–Trinajstić information content (AvgIpc) is 2.67. The van der Waals surface area contributed by atoms with Crippen molar-refractivity contribution in [2.24, 2.45) is 5.92 Å². The van der Waals surface area contributed by atoms with Crippen LogP contribution in [-0.4, -0.2) is 41.6 Å². The number of morpholine rings is 1. The maximum atomic E-state index is 13.1. The zero-order chi connectivity index (χ0) is 18.5. The Morgan fingerprint density at radius 2 is 2.23 bits per heavy atom. The third-order valence-electron chi connectivity index (χ3n) is 4.57. The van der Waals surface area contributed by atoms with Crippen molar-refractivity contribution < 1.29 is 9.53 Å². The van der Waals surface area contributed by atoms with Crippen LogP contribution in [0, 0.1) is 17.2 Å². The summed E-state index contributed by atoms with van der Waals surface area (Å²) in [5.41, 5.74) is 2.56. The number of hydrogen-bond donors (Lipinski definition) is 0. The van der Waals surface area contributed by atoms with Crippen LogP contribution in [0.15, 0.2) is 42.6 Å². The molecule has 1 aliphatic rings. The van der Waals surface area contributed by atoms with E-state index in [4.69, 9.17) is 4.74 Å². The summed E-state index contributed by atoms with van der Waals surface area (Å²) in [5, 5.41) is 9.28. The molecule has 0 bridgehead atoms. The third kappa shape index (κ3) is 3.92. The number of amides is 1. The zero-order valence-electron chi connectivity index (χ0n) is 15.2. The molecule has 1 unspecified atom stereocenters. The smallest absolute Gasteiger partial charge is 0.254 e. The fraction of sp³-hybridized carbons (Fsp3) is 0.381. The minimum atomic E-state index is 0.0168. The van der Waals surface area contributed by atoms with Gasteiger partial charge in [-0.15, -0.1) is 0 Å². The molecule has 1 aromatic heterocycles. The Labute approximate surface area is 154 Å². The molecule has 134 valence electrons. The molecule has 1 aromatic carbocycles. The lowest BCUT2D eigenvalue weighted by Gasteiger charge is -2.36. The van der Waals surface area contributed by atoms with Crippen molar-refractivity contribution in [2.45, 2.75) is 26.3 Å². The molecule has 1 aliphatic heterocycles. The number of ether oxygens (including phenoxy) is 1. The predicted octanol–water partition coefficient (Wildman–Crippen LogP) is 3.51. The Morgan fingerprint density at radius 3 is 3.00 bits per heavy atom. The normalized spacial score (nSPS) is 17.2. The summed E-state index contributed by atoms with van der Waals surface area (Å²) in [6.45, 7) is 6.08. The maximum absolute atomic E-state index is 13.1. The van der Waals surface area contributed by atoms with Crippen LogP contribution in [0.1, 0.15) is 36.3 Å². The molecule has 2 aromatic rings. The summed E-state index contributed by atoms with van der Waals surface area (Å²) in [7, 11) is 0. The monoisotopic (exact) mass is 349 g/mol. The molecule has 0 spiro atoms. The van der Waals surface area contributed by atoms with Gasteiger partial charge in [0, 0.05) is 23.9 Å². The lowest BCUT2D eigenvalue weighted by atomic mass is 9.99. The second kappa shape index (κ2) is 8.11. The van der Waals surface area contributed by atoms with Crippen molar-refractivity contribution in [3.8, 4) is 17.2 Å². The van der Waals surface area contributed by atoms with Gasteiger partial charge >= 0.3 is 0 Å². The SMILES string of the molecule is CC(C)CC1COCCN1C(=O)c1cccc(-c2cccnc2C#N)c1. The Hall–Kier alpha value is -2.71. The van der Waals surface area contributed by atoms with Gasteiger partial charge in [-0.25, -0.2) is 4.98 Å². The van der Waals surface area contributed by atoms with Crippen LogP contribution in [0.2, 0.25) is 0 Å². The van der Waals surface area contributed by atoms with E-state index in [0.29, 0.717) is 36.9 Å². The first-order valence-corrected chi connectivity index (χ1v) is 8.94. The quantitative estimate of drug-likeness (QED) is 0.847. The summed E-state index contributed by atoms with van der Waals surface area (Å²) in [6, 6.07) is 13.3. The number of pyridine rings is 1. The number of carbonyl (C=O) groups is 1. The van der Waals surface area contributed by atoms with Crippen LogP contribution in [0.4, 0.5) is 0 Å². The van der Waals surface area contributed by atoms with Crippen molar-refractivity contribution >= 4 is 5.91 Å². The van der Waals surface area contributed by atoms with E-state index >= 15 is 0 Å². The van der Waals surface area contributed by atoms with Gasteiger partial charge < -0.3 is 9.64 Å². The average molecular weight is 349 g/mol. The van der Waals surface area contributed by atoms with E-state index in [0.717, 1.165) is 17.5 Å². The first kappa shape index (κ1) is 18.1. The van der Waals surface area contributed by atoms with Crippen molar-refractivity contribution in [1.82, 2.24) is 9.88 Å². The standard InChI is InChI=1S/C21H23N3O2/c1-15(2)11-18-14-26-10-9-24(18)21(25)17-6-3-5-16(12-17)19-7-4-8-23-20(19)13-22/h3-8,12,15,18H,9-11,14H2,1-2H3. The molecule has 0 radical (unpaired) electrons. The van der Waals surface area contributed by atoms with Gasteiger partial charge in [0.1, 0.15) is 11.8 Å². The van der Waals surface area contributed by atoms with Crippen LogP contribution in [0.3, 0.4) is 0 Å². The van der Waals surface area contributed by atoms with Crippen LogP contribution in [-0.2, 0) is 4.74 Å². The fourth-order valence-corrected chi connectivity index (χ4v) is 3.37. The Bertz CT molecular complexity index is 826. The fourth-order valence-electron chi connectivity index (χ4n) is 3.37. The molecule has 5 nitrogen and oxygen atoms in total. The molecule has 2 heterocycles. The molecule has 0 aliphatic carbocycles. The lowest BCUT2D eigenvalue weighted by molar-refractivity contribution is -0.00746. The van der Waals surface area contributed by atoms with Crippen molar-refractivity contribution in [3.05, 3.63) is 53.9 Å². The van der Waals surface area contributed by atoms with Gasteiger partial charge in [-0.3, -0.25) is 4.79 Å². The molecule has 0 saturated carbocycles. The van der Waals surface area contributed by atoms with E-state index in [2.05, 4.69) is 24.9 Å². The van der Waals surface area contributed by atoms with E-state index in [9.17, 15) is 10.1 Å². The first-order valence-electron chi connectivity index (χ1n) is 8.94. The Kier molecular flexibility index (Phi) is 5.65. The van der Waals surface area contributed by atoms with Gasteiger partial charge in [0.2, 0.25) is 0 Å². The van der Waals surface area contributed by atoms with E-state index < -0.39 is 0 Å². The first-order chi connectivity index (χ1) is 12.6. The Morgan fingerprint density at radius 1 is 1.38 bits per heavy atom. The molecule has 3 rings (SSSR count). The summed E-state index contributed by atoms with van der Waals surface area (Å²) in [4.78, 5) is 19.2. The lowest BCUT2D eigenvalue weighted by Crippen LogP contribution is -2.49. The second-order valence-electron chi connectivity index (χ2n) is 6.95. The highest BCUT2D eigenvalue weighted by atomic mass is 16.5. The van der Waals surface area contributed by atoms with Gasteiger partial charge in [-0.1, -0.05) is 26.0 Å². The van der Waals surface area contributed by atoms with Crippen molar-refractivity contribution in [1.29, 1.82) is 5.26 Å². The van der Waals surface area contributed by atoms with E-state index in [-0.39, 0.29) is 11.9 Å². The van der Waals surface area contributed by atoms with E-state index in [1.54, 1.807) is 12.3 Å². The number of nitriles is 1. The minimum Gasteiger partial charge on any atom is -0.377 e. The van der Waals surface area contributed by atoms with Gasteiger partial charge in [0.25, 0.3) is 5.91 Å². The molecule has 0 N–H and O–H groups in total. The number of hydrogen-bond acceptors (Lipinski definition) is 4. The minimum absolute atomic E-state index is 0.0168. The van der Waals surface area contributed by atoms with Gasteiger partial charge in [0.15, 0.2) is 0 Å². The van der Waals surface area contributed by atoms with Crippen LogP contribution in [0.25, 0.3) is 11.1 Å². The molecule has 1 atom stereocenters. The topological polar surface area (TPSA) is 66.2 Å². The zero-order valence-corrected chi connectivity index (χ0v) is 15.2. The molecular weight excluding hydrogens is 326 g/mol. The van der Waals surface area contributed by atoms with Gasteiger partial charge in [0.05, 0.1) is 19.3 Å². The molecule has 5 heteroatoms. The van der Waals surface area contributed by atoms with Gasteiger partial charge in [-0.05, 0) is 42.2 Å². The number of aromatic nitrogens is 1. The number of rotatable bonds is 4. The summed E-state index contributed by atoms with van der Waals surface area (Å²) < 4.78 is 5.58. The van der Waals surface area contributed by atoms with E-state index in [1.807, 2.05) is 35.2 Å². The number of benzene rings is 1. The van der Waals surface area contributed by atoms with E-state index in [1.165, 1.54) is 0 Å². The molecule has 1 fully saturated rings.